The number of nitrogens with one attached hydrogen (secondary N) is 1. The number of hydrogen-bond donors (Lipinski definition) is 1. The first kappa shape index (κ1) is 21.5. The van der Waals surface area contributed by atoms with Crippen LogP contribution in [0, 0.1) is 16.0 Å². The highest BCUT2D eigenvalue weighted by molar-refractivity contribution is 7.89. The molecule has 1 N–H and O–H groups in total. The number of piperidine rings is 2. The summed E-state index contributed by atoms with van der Waals surface area (Å²) in [5, 5.41) is 13.9. The zero-order chi connectivity index (χ0) is 21.2. The van der Waals surface area contributed by atoms with Crippen molar-refractivity contribution in [3.8, 4) is 0 Å². The molecule has 2 heterocycles. The van der Waals surface area contributed by atoms with Gasteiger partial charge in [-0.2, -0.15) is 4.31 Å². The Hall–Kier alpha value is -2.20. The SMILES string of the molecule is CNc1ccc(S(=O)(=O)N2CCC(C(=O)N3CCCCC3C)CC2)cc1[N+](=O)[O-]. The minimum absolute atomic E-state index is 0.0994. The Bertz CT molecular complexity index is 881. The first-order chi connectivity index (χ1) is 13.8. The lowest BCUT2D eigenvalue weighted by atomic mass is 9.94. The highest BCUT2D eigenvalue weighted by atomic mass is 32.2. The summed E-state index contributed by atoms with van der Waals surface area (Å²) in [6, 6.07) is 4.11. The number of rotatable bonds is 5. The Morgan fingerprint density at radius 2 is 1.86 bits per heavy atom. The van der Waals surface area contributed by atoms with Gasteiger partial charge in [-0.15, -0.1) is 0 Å². The van der Waals surface area contributed by atoms with Crippen molar-refractivity contribution in [2.45, 2.75) is 50.0 Å². The molecule has 0 aromatic heterocycles. The molecule has 0 spiro atoms. The molecule has 2 fully saturated rings. The normalized spacial score (nSPS) is 21.7. The molecule has 1 aromatic carbocycles. The van der Waals surface area contributed by atoms with Gasteiger partial charge in [0.1, 0.15) is 5.69 Å². The number of nitrogens with zero attached hydrogens (tertiary/aromatic N) is 3. The van der Waals surface area contributed by atoms with E-state index in [0.717, 1.165) is 31.9 Å². The minimum atomic E-state index is -3.85. The summed E-state index contributed by atoms with van der Waals surface area (Å²) >= 11 is 0. The number of nitro benzene ring substituents is 1. The van der Waals surface area contributed by atoms with Crippen LogP contribution in [-0.2, 0) is 14.8 Å². The van der Waals surface area contributed by atoms with Crippen LogP contribution in [0.3, 0.4) is 0 Å². The summed E-state index contributed by atoms with van der Waals surface area (Å²) in [4.78, 5) is 25.3. The molecule has 1 atom stereocenters. The maximum Gasteiger partial charge on any atom is 0.293 e. The first-order valence-corrected chi connectivity index (χ1v) is 11.5. The second-order valence-corrected chi connectivity index (χ2v) is 9.68. The molecule has 1 unspecified atom stereocenters. The van der Waals surface area contributed by atoms with Gasteiger partial charge < -0.3 is 10.2 Å². The quantitative estimate of drug-likeness (QED) is 0.574. The third-order valence-corrected chi connectivity index (χ3v) is 7.86. The van der Waals surface area contributed by atoms with Crippen molar-refractivity contribution in [3.05, 3.63) is 28.3 Å². The van der Waals surface area contributed by atoms with Crippen molar-refractivity contribution < 1.29 is 18.1 Å². The number of sulfonamides is 1. The molecule has 3 rings (SSSR count). The zero-order valence-corrected chi connectivity index (χ0v) is 17.7. The fourth-order valence-corrected chi connectivity index (χ4v) is 5.68. The highest BCUT2D eigenvalue weighted by Gasteiger charge is 2.36. The molecule has 0 aliphatic carbocycles. The molecule has 1 aromatic rings. The Morgan fingerprint density at radius 1 is 1.17 bits per heavy atom. The second kappa shape index (κ2) is 8.66. The van der Waals surface area contributed by atoms with Crippen LogP contribution in [-0.4, -0.2) is 61.2 Å². The largest absolute Gasteiger partial charge is 0.383 e. The Morgan fingerprint density at radius 3 is 2.45 bits per heavy atom. The lowest BCUT2D eigenvalue weighted by Crippen LogP contribution is -2.48. The summed E-state index contributed by atoms with van der Waals surface area (Å²) < 4.78 is 27.3. The summed E-state index contributed by atoms with van der Waals surface area (Å²) in [6.45, 7) is 3.32. The van der Waals surface area contributed by atoms with Gasteiger partial charge in [-0.05, 0) is 51.2 Å². The number of benzene rings is 1. The van der Waals surface area contributed by atoms with Gasteiger partial charge in [-0.3, -0.25) is 14.9 Å². The molecule has 2 aliphatic heterocycles. The number of likely N-dealkylation sites (tertiary alicyclic amines) is 1. The molecule has 29 heavy (non-hydrogen) atoms. The molecule has 9 nitrogen and oxygen atoms in total. The fourth-order valence-electron chi connectivity index (χ4n) is 4.19. The average Bonchev–Trinajstić information content (AvgIpc) is 2.73. The number of amides is 1. The molecule has 0 saturated carbocycles. The van der Waals surface area contributed by atoms with Crippen molar-refractivity contribution in [1.29, 1.82) is 0 Å². The van der Waals surface area contributed by atoms with Gasteiger partial charge in [0.15, 0.2) is 0 Å². The third kappa shape index (κ3) is 4.37. The van der Waals surface area contributed by atoms with E-state index in [1.54, 1.807) is 7.05 Å². The van der Waals surface area contributed by atoms with Crippen LogP contribution in [0.5, 0.6) is 0 Å². The van der Waals surface area contributed by atoms with Crippen molar-refractivity contribution in [1.82, 2.24) is 9.21 Å². The van der Waals surface area contributed by atoms with E-state index in [1.165, 1.54) is 16.4 Å². The van der Waals surface area contributed by atoms with E-state index in [9.17, 15) is 23.3 Å². The van der Waals surface area contributed by atoms with Crippen LogP contribution >= 0.6 is 0 Å². The van der Waals surface area contributed by atoms with Crippen molar-refractivity contribution >= 4 is 27.3 Å². The lowest BCUT2D eigenvalue weighted by molar-refractivity contribution is -0.384. The number of nitro groups is 1. The predicted octanol–water partition coefficient (Wildman–Crippen LogP) is 2.44. The smallest absolute Gasteiger partial charge is 0.293 e. The van der Waals surface area contributed by atoms with Gasteiger partial charge in [0.05, 0.1) is 9.82 Å². The van der Waals surface area contributed by atoms with Crippen LogP contribution < -0.4 is 5.32 Å². The van der Waals surface area contributed by atoms with Crippen LogP contribution in [0.4, 0.5) is 11.4 Å². The molecule has 2 saturated heterocycles. The molecule has 160 valence electrons. The number of carbonyl (C=O) groups excluding carboxylic acids is 1. The Balaban J connectivity index is 1.70. The molecule has 2 aliphatic rings. The van der Waals surface area contributed by atoms with E-state index in [1.807, 2.05) is 4.90 Å². The first-order valence-electron chi connectivity index (χ1n) is 10.0. The number of anilines is 1. The van der Waals surface area contributed by atoms with Crippen LogP contribution in [0.2, 0.25) is 0 Å². The highest BCUT2D eigenvalue weighted by Crippen LogP contribution is 2.31. The standard InChI is InChI=1S/C19H28N4O5S/c1-14-5-3-4-10-22(14)19(24)15-8-11-21(12-9-15)29(27,28)16-6-7-17(20-2)18(13-16)23(25)26/h6-7,13-15,20H,3-5,8-12H2,1-2H3. The predicted molar refractivity (Wildman–Crippen MR) is 109 cm³/mol. The van der Waals surface area contributed by atoms with Gasteiger partial charge >= 0.3 is 0 Å². The van der Waals surface area contributed by atoms with Gasteiger partial charge in [0, 0.05) is 44.7 Å². The van der Waals surface area contributed by atoms with Gasteiger partial charge in [-0.1, -0.05) is 0 Å². The van der Waals surface area contributed by atoms with Gasteiger partial charge in [-0.25, -0.2) is 8.42 Å². The molecule has 1 amide bonds. The third-order valence-electron chi connectivity index (χ3n) is 5.96. The van der Waals surface area contributed by atoms with Crippen molar-refractivity contribution in [3.63, 3.8) is 0 Å². The number of hydrogen-bond acceptors (Lipinski definition) is 6. The molecular weight excluding hydrogens is 396 g/mol. The summed E-state index contributed by atoms with van der Waals surface area (Å²) in [5.41, 5.74) is -0.0216. The van der Waals surface area contributed by atoms with Gasteiger partial charge in [0.2, 0.25) is 15.9 Å². The van der Waals surface area contributed by atoms with Crippen molar-refractivity contribution in [2.75, 3.05) is 32.0 Å². The molecule has 0 radical (unpaired) electrons. The van der Waals surface area contributed by atoms with E-state index in [0.29, 0.717) is 12.8 Å². The van der Waals surface area contributed by atoms with E-state index in [2.05, 4.69) is 12.2 Å². The number of carbonyl (C=O) groups is 1. The monoisotopic (exact) mass is 424 g/mol. The molecular formula is C19H28N4O5S. The Kier molecular flexibility index (Phi) is 6.42. The maximum absolute atomic E-state index is 13.0. The molecule has 10 heteroatoms. The fraction of sp³-hybridized carbons (Fsp3) is 0.632. The molecule has 0 bridgehead atoms. The Labute approximate surface area is 171 Å². The summed E-state index contributed by atoms with van der Waals surface area (Å²) in [7, 11) is -2.31. The van der Waals surface area contributed by atoms with E-state index in [4.69, 9.17) is 0 Å². The maximum atomic E-state index is 13.0. The van der Waals surface area contributed by atoms with Crippen LogP contribution in [0.1, 0.15) is 39.0 Å². The van der Waals surface area contributed by atoms with Crippen LogP contribution in [0.15, 0.2) is 23.1 Å². The topological polar surface area (TPSA) is 113 Å². The van der Waals surface area contributed by atoms with E-state index in [-0.39, 0.29) is 47.2 Å². The van der Waals surface area contributed by atoms with Crippen LogP contribution in [0.25, 0.3) is 0 Å². The zero-order valence-electron chi connectivity index (χ0n) is 16.8. The lowest BCUT2D eigenvalue weighted by Gasteiger charge is -2.38. The average molecular weight is 425 g/mol. The minimum Gasteiger partial charge on any atom is -0.383 e. The second-order valence-electron chi connectivity index (χ2n) is 7.74. The van der Waals surface area contributed by atoms with Gasteiger partial charge in [0.25, 0.3) is 5.69 Å². The van der Waals surface area contributed by atoms with E-state index >= 15 is 0 Å². The van der Waals surface area contributed by atoms with E-state index < -0.39 is 14.9 Å². The van der Waals surface area contributed by atoms with Crippen molar-refractivity contribution in [2.24, 2.45) is 5.92 Å². The summed E-state index contributed by atoms with van der Waals surface area (Å²) in [5.74, 6) is -0.0359. The summed E-state index contributed by atoms with van der Waals surface area (Å²) in [6.07, 6.45) is 4.11.